The molecule has 1 aromatic rings. The van der Waals surface area contributed by atoms with Crippen LogP contribution in [-0.2, 0) is 4.79 Å². The molecule has 0 bridgehead atoms. The Morgan fingerprint density at radius 2 is 2.05 bits per heavy atom. The molecule has 0 saturated carbocycles. The third kappa shape index (κ3) is 4.89. The second-order valence-electron chi connectivity index (χ2n) is 4.05. The monoisotopic (exact) mass is 334 g/mol. The lowest BCUT2D eigenvalue weighted by atomic mass is 10.1. The molecule has 1 rings (SSSR count). The first-order valence-corrected chi connectivity index (χ1v) is 8.11. The van der Waals surface area contributed by atoms with Gasteiger partial charge in [0.25, 0.3) is 5.91 Å². The maximum Gasteiger partial charge on any atom is 0.253 e. The number of carbonyl (C=O) groups is 2. The molecule has 4 nitrogen and oxygen atoms in total. The van der Waals surface area contributed by atoms with E-state index in [2.05, 4.69) is 10.6 Å². The zero-order valence-corrected chi connectivity index (χ0v) is 13.5. The molecule has 110 valence electrons. The van der Waals surface area contributed by atoms with Crippen molar-refractivity contribution in [3.63, 3.8) is 0 Å². The van der Waals surface area contributed by atoms with E-state index in [9.17, 15) is 9.59 Å². The van der Waals surface area contributed by atoms with E-state index >= 15 is 0 Å². The summed E-state index contributed by atoms with van der Waals surface area (Å²) in [5, 5.41) is 5.94. The fraction of sp³-hybridized carbons (Fsp3) is 0.385. The molecular weight excluding hydrogens is 319 g/mol. The number of amides is 2. The van der Waals surface area contributed by atoms with Gasteiger partial charge in [-0.15, -0.1) is 0 Å². The second kappa shape index (κ2) is 8.39. The van der Waals surface area contributed by atoms with Gasteiger partial charge in [0, 0.05) is 12.1 Å². The van der Waals surface area contributed by atoms with Crippen LogP contribution >= 0.6 is 35.0 Å². The average Bonchev–Trinajstić information content (AvgIpc) is 2.42. The highest BCUT2D eigenvalue weighted by Crippen LogP contribution is 2.21. The standard InChI is InChI=1S/C13H16Cl2N2O2S/c1-16-13(19)11(5-6-20-2)17-12(18)9-4-3-8(14)7-10(9)15/h3-4,7,11H,5-6H2,1-2H3,(H,16,19)(H,17,18). The number of hydrogen-bond donors (Lipinski definition) is 2. The Labute approximate surface area is 132 Å². The summed E-state index contributed by atoms with van der Waals surface area (Å²) < 4.78 is 0. The quantitative estimate of drug-likeness (QED) is 0.840. The number of likely N-dealkylation sites (N-methyl/N-ethyl adjacent to an activating group) is 1. The van der Waals surface area contributed by atoms with E-state index in [1.807, 2.05) is 6.26 Å². The third-order valence-corrected chi connectivity index (χ3v) is 3.85. The lowest BCUT2D eigenvalue weighted by Gasteiger charge is -2.17. The maximum absolute atomic E-state index is 12.1. The highest BCUT2D eigenvalue weighted by molar-refractivity contribution is 7.98. The fourth-order valence-electron chi connectivity index (χ4n) is 1.59. The van der Waals surface area contributed by atoms with Crippen LogP contribution < -0.4 is 10.6 Å². The number of thioether (sulfide) groups is 1. The summed E-state index contributed by atoms with van der Waals surface area (Å²) in [6, 6.07) is 4.04. The zero-order chi connectivity index (χ0) is 15.1. The minimum absolute atomic E-state index is 0.225. The van der Waals surface area contributed by atoms with Crippen molar-refractivity contribution in [1.29, 1.82) is 0 Å². The van der Waals surface area contributed by atoms with Crippen LogP contribution in [0.3, 0.4) is 0 Å². The van der Waals surface area contributed by atoms with Crippen LogP contribution in [0.25, 0.3) is 0 Å². The van der Waals surface area contributed by atoms with Gasteiger partial charge in [0.05, 0.1) is 10.6 Å². The molecule has 1 atom stereocenters. The number of hydrogen-bond acceptors (Lipinski definition) is 3. The first kappa shape index (κ1) is 17.1. The lowest BCUT2D eigenvalue weighted by molar-refractivity contribution is -0.122. The Bertz CT molecular complexity index is 497. The number of halogens is 2. The average molecular weight is 335 g/mol. The number of rotatable bonds is 6. The second-order valence-corrected chi connectivity index (χ2v) is 5.88. The molecule has 2 amide bonds. The minimum atomic E-state index is -0.577. The van der Waals surface area contributed by atoms with Gasteiger partial charge in [-0.2, -0.15) is 11.8 Å². The normalized spacial score (nSPS) is 11.8. The van der Waals surface area contributed by atoms with Crippen molar-refractivity contribution in [3.05, 3.63) is 33.8 Å². The maximum atomic E-state index is 12.1. The van der Waals surface area contributed by atoms with E-state index < -0.39 is 6.04 Å². The third-order valence-electron chi connectivity index (χ3n) is 2.65. The summed E-state index contributed by atoms with van der Waals surface area (Å²) in [7, 11) is 1.54. The van der Waals surface area contributed by atoms with Crippen molar-refractivity contribution in [2.24, 2.45) is 0 Å². The Hall–Kier alpha value is -0.910. The van der Waals surface area contributed by atoms with Gasteiger partial charge < -0.3 is 10.6 Å². The topological polar surface area (TPSA) is 58.2 Å². The van der Waals surface area contributed by atoms with Gasteiger partial charge in [0.2, 0.25) is 5.91 Å². The van der Waals surface area contributed by atoms with Crippen LogP contribution in [-0.4, -0.2) is 36.9 Å². The molecule has 7 heteroatoms. The van der Waals surface area contributed by atoms with Gasteiger partial charge in [0.1, 0.15) is 6.04 Å². The molecule has 0 aliphatic heterocycles. The smallest absolute Gasteiger partial charge is 0.253 e. The highest BCUT2D eigenvalue weighted by atomic mass is 35.5. The van der Waals surface area contributed by atoms with E-state index in [0.29, 0.717) is 17.0 Å². The Balaban J connectivity index is 2.81. The molecule has 1 unspecified atom stereocenters. The summed E-state index contributed by atoms with van der Waals surface area (Å²) in [4.78, 5) is 23.9. The molecule has 0 saturated heterocycles. The van der Waals surface area contributed by atoms with Gasteiger partial charge in [-0.1, -0.05) is 23.2 Å². The predicted molar refractivity (Wildman–Crippen MR) is 84.8 cm³/mol. The first-order chi connectivity index (χ1) is 9.49. The minimum Gasteiger partial charge on any atom is -0.357 e. The molecule has 2 N–H and O–H groups in total. The largest absolute Gasteiger partial charge is 0.357 e. The molecular formula is C13H16Cl2N2O2S. The summed E-state index contributed by atoms with van der Waals surface area (Å²) in [6.45, 7) is 0. The van der Waals surface area contributed by atoms with Crippen molar-refractivity contribution in [3.8, 4) is 0 Å². The summed E-state index contributed by atoms with van der Waals surface area (Å²) in [6.07, 6.45) is 2.50. The molecule has 0 radical (unpaired) electrons. The predicted octanol–water partition coefficient (Wildman–Crippen LogP) is 2.59. The van der Waals surface area contributed by atoms with E-state index in [1.54, 1.807) is 17.8 Å². The molecule has 0 spiro atoms. The van der Waals surface area contributed by atoms with E-state index in [4.69, 9.17) is 23.2 Å². The summed E-state index contributed by atoms with van der Waals surface area (Å²) in [5.74, 6) is 0.158. The Kier molecular flexibility index (Phi) is 7.19. The van der Waals surface area contributed by atoms with E-state index in [0.717, 1.165) is 5.75 Å². The van der Waals surface area contributed by atoms with Crippen LogP contribution in [0.2, 0.25) is 10.0 Å². The number of nitrogens with one attached hydrogen (secondary N) is 2. The van der Waals surface area contributed by atoms with Crippen LogP contribution in [0.15, 0.2) is 18.2 Å². The number of carbonyl (C=O) groups excluding carboxylic acids is 2. The number of benzene rings is 1. The molecule has 0 aromatic heterocycles. The van der Waals surface area contributed by atoms with Crippen molar-refractivity contribution in [2.75, 3.05) is 19.1 Å². The summed E-state index contributed by atoms with van der Waals surface area (Å²) in [5.41, 5.74) is 0.300. The van der Waals surface area contributed by atoms with Crippen molar-refractivity contribution in [1.82, 2.24) is 10.6 Å². The van der Waals surface area contributed by atoms with Crippen molar-refractivity contribution >= 4 is 46.8 Å². The van der Waals surface area contributed by atoms with Gasteiger partial charge in [0.15, 0.2) is 0 Å². The van der Waals surface area contributed by atoms with E-state index in [1.165, 1.54) is 19.2 Å². The molecule has 0 fully saturated rings. The molecule has 20 heavy (non-hydrogen) atoms. The molecule has 0 aliphatic rings. The SMILES string of the molecule is CNC(=O)C(CCSC)NC(=O)c1ccc(Cl)cc1Cl. The zero-order valence-electron chi connectivity index (χ0n) is 11.2. The Morgan fingerprint density at radius 1 is 1.35 bits per heavy atom. The molecule has 0 heterocycles. The van der Waals surface area contributed by atoms with Crippen molar-refractivity contribution in [2.45, 2.75) is 12.5 Å². The van der Waals surface area contributed by atoms with Crippen LogP contribution in [0.5, 0.6) is 0 Å². The highest BCUT2D eigenvalue weighted by Gasteiger charge is 2.21. The van der Waals surface area contributed by atoms with Gasteiger partial charge in [-0.3, -0.25) is 9.59 Å². The Morgan fingerprint density at radius 3 is 2.60 bits per heavy atom. The van der Waals surface area contributed by atoms with Crippen molar-refractivity contribution < 1.29 is 9.59 Å². The van der Waals surface area contributed by atoms with Gasteiger partial charge >= 0.3 is 0 Å². The van der Waals surface area contributed by atoms with E-state index in [-0.39, 0.29) is 16.8 Å². The van der Waals surface area contributed by atoms with Gasteiger partial charge in [-0.25, -0.2) is 0 Å². The van der Waals surface area contributed by atoms with Gasteiger partial charge in [-0.05, 0) is 36.6 Å². The summed E-state index contributed by atoms with van der Waals surface area (Å²) >= 11 is 13.4. The van der Waals surface area contributed by atoms with Crippen LogP contribution in [0.4, 0.5) is 0 Å². The fourth-order valence-corrected chi connectivity index (χ4v) is 2.55. The van der Waals surface area contributed by atoms with Crippen LogP contribution in [0, 0.1) is 0 Å². The molecule has 0 aliphatic carbocycles. The van der Waals surface area contributed by atoms with Crippen LogP contribution in [0.1, 0.15) is 16.8 Å². The molecule has 1 aromatic carbocycles. The first-order valence-electron chi connectivity index (χ1n) is 5.96. The lowest BCUT2D eigenvalue weighted by Crippen LogP contribution is -2.46.